The highest BCUT2D eigenvalue weighted by atomic mass is 79.9. The summed E-state index contributed by atoms with van der Waals surface area (Å²) in [6.07, 6.45) is 2.16. The van der Waals surface area contributed by atoms with Gasteiger partial charge >= 0.3 is 5.97 Å². The zero-order chi connectivity index (χ0) is 10.9. The summed E-state index contributed by atoms with van der Waals surface area (Å²) in [5.74, 6) is -0.0835. The van der Waals surface area contributed by atoms with Crippen LogP contribution in [0.2, 0.25) is 0 Å². The first-order valence-corrected chi connectivity index (χ1v) is 5.93. The summed E-state index contributed by atoms with van der Waals surface area (Å²) in [6.45, 7) is 2.06. The molecule has 1 aromatic rings. The first-order chi connectivity index (χ1) is 7.16. The molecule has 1 unspecified atom stereocenters. The molecular formula is C12H13BrO2. The zero-order valence-electron chi connectivity index (χ0n) is 8.63. The quantitative estimate of drug-likeness (QED) is 0.769. The molecule has 1 heterocycles. The number of hydrogen-bond donors (Lipinski definition) is 0. The molecule has 1 atom stereocenters. The van der Waals surface area contributed by atoms with Crippen molar-refractivity contribution in [3.05, 3.63) is 34.3 Å². The average molecular weight is 269 g/mol. The van der Waals surface area contributed by atoms with Crippen LogP contribution in [0.25, 0.3) is 0 Å². The third-order valence-corrected chi connectivity index (χ3v) is 3.51. The van der Waals surface area contributed by atoms with Gasteiger partial charge in [0, 0.05) is 17.3 Å². The molecule has 2 rings (SSSR count). The lowest BCUT2D eigenvalue weighted by molar-refractivity contribution is -0.149. The van der Waals surface area contributed by atoms with Crippen LogP contribution in [0, 0.1) is 0 Å². The van der Waals surface area contributed by atoms with Gasteiger partial charge in [-0.25, -0.2) is 0 Å². The van der Waals surface area contributed by atoms with E-state index in [4.69, 9.17) is 4.74 Å². The van der Waals surface area contributed by atoms with Crippen LogP contribution >= 0.6 is 15.9 Å². The maximum Gasteiger partial charge on any atom is 0.306 e. The Morgan fingerprint density at radius 2 is 2.07 bits per heavy atom. The number of benzene rings is 1. The number of halogens is 1. The minimum atomic E-state index is -0.377. The van der Waals surface area contributed by atoms with Gasteiger partial charge in [0.2, 0.25) is 0 Å². The summed E-state index contributed by atoms with van der Waals surface area (Å²) in [5, 5.41) is 0. The van der Waals surface area contributed by atoms with E-state index in [1.807, 2.05) is 24.3 Å². The zero-order valence-corrected chi connectivity index (χ0v) is 10.2. The Kier molecular flexibility index (Phi) is 2.83. The van der Waals surface area contributed by atoms with Gasteiger partial charge < -0.3 is 4.74 Å². The SMILES string of the molecule is CCC1(c2ccc(Br)cc2)CCC(=O)O1. The number of carbonyl (C=O) groups is 1. The molecule has 80 valence electrons. The van der Waals surface area contributed by atoms with Crippen LogP contribution in [-0.4, -0.2) is 5.97 Å². The minimum absolute atomic E-state index is 0.0835. The Balaban J connectivity index is 2.34. The monoisotopic (exact) mass is 268 g/mol. The molecule has 0 aromatic heterocycles. The molecule has 2 nitrogen and oxygen atoms in total. The van der Waals surface area contributed by atoms with Crippen molar-refractivity contribution in [2.75, 3.05) is 0 Å². The van der Waals surface area contributed by atoms with Crippen molar-refractivity contribution in [3.8, 4) is 0 Å². The van der Waals surface area contributed by atoms with E-state index >= 15 is 0 Å². The molecule has 1 saturated heterocycles. The predicted molar refractivity (Wildman–Crippen MR) is 61.4 cm³/mol. The highest BCUT2D eigenvalue weighted by Crippen LogP contribution is 2.39. The number of ether oxygens (including phenoxy) is 1. The lowest BCUT2D eigenvalue weighted by Gasteiger charge is -2.26. The van der Waals surface area contributed by atoms with Crippen LogP contribution < -0.4 is 0 Å². The van der Waals surface area contributed by atoms with Crippen molar-refractivity contribution >= 4 is 21.9 Å². The van der Waals surface area contributed by atoms with Crippen LogP contribution in [0.3, 0.4) is 0 Å². The van der Waals surface area contributed by atoms with Crippen LogP contribution in [0.5, 0.6) is 0 Å². The van der Waals surface area contributed by atoms with E-state index in [1.165, 1.54) is 0 Å². The van der Waals surface area contributed by atoms with Gasteiger partial charge in [-0.1, -0.05) is 35.0 Å². The van der Waals surface area contributed by atoms with E-state index in [0.717, 1.165) is 22.9 Å². The van der Waals surface area contributed by atoms with Crippen molar-refractivity contribution < 1.29 is 9.53 Å². The molecule has 1 aromatic carbocycles. The Morgan fingerprint density at radius 1 is 1.40 bits per heavy atom. The van der Waals surface area contributed by atoms with E-state index in [1.54, 1.807) is 0 Å². The van der Waals surface area contributed by atoms with Crippen LogP contribution in [-0.2, 0) is 15.1 Å². The van der Waals surface area contributed by atoms with Gasteiger partial charge in [0.15, 0.2) is 0 Å². The third kappa shape index (κ3) is 1.93. The summed E-state index contributed by atoms with van der Waals surface area (Å²) >= 11 is 3.40. The van der Waals surface area contributed by atoms with E-state index in [9.17, 15) is 4.79 Å². The Labute approximate surface area is 97.8 Å². The van der Waals surface area contributed by atoms with Gasteiger partial charge in [0.1, 0.15) is 5.60 Å². The van der Waals surface area contributed by atoms with E-state index in [2.05, 4.69) is 22.9 Å². The molecule has 1 aliphatic rings. The van der Waals surface area contributed by atoms with Crippen LogP contribution in [0.1, 0.15) is 31.7 Å². The Bertz CT molecular complexity index is 372. The minimum Gasteiger partial charge on any atom is -0.454 e. The Morgan fingerprint density at radius 3 is 2.53 bits per heavy atom. The number of rotatable bonds is 2. The fourth-order valence-corrected chi connectivity index (χ4v) is 2.30. The first-order valence-electron chi connectivity index (χ1n) is 5.14. The third-order valence-electron chi connectivity index (χ3n) is 2.98. The maximum absolute atomic E-state index is 11.2. The standard InChI is InChI=1S/C12H13BrO2/c1-2-12(8-7-11(14)15-12)9-3-5-10(13)6-4-9/h3-6H,2,7-8H2,1H3. The predicted octanol–water partition coefficient (Wildman–Crippen LogP) is 3.39. The van der Waals surface area contributed by atoms with Gasteiger partial charge in [-0.2, -0.15) is 0 Å². The van der Waals surface area contributed by atoms with Crippen LogP contribution in [0.4, 0.5) is 0 Å². The van der Waals surface area contributed by atoms with Crippen molar-refractivity contribution in [3.63, 3.8) is 0 Å². The van der Waals surface area contributed by atoms with Gasteiger partial charge in [0.25, 0.3) is 0 Å². The number of carbonyl (C=O) groups excluding carboxylic acids is 1. The molecule has 0 radical (unpaired) electrons. The van der Waals surface area contributed by atoms with Crippen molar-refractivity contribution in [1.82, 2.24) is 0 Å². The average Bonchev–Trinajstić information content (AvgIpc) is 2.62. The molecule has 0 saturated carbocycles. The summed E-state index contributed by atoms with van der Waals surface area (Å²) in [6, 6.07) is 8.01. The number of cyclic esters (lactones) is 1. The molecule has 0 aliphatic carbocycles. The maximum atomic E-state index is 11.2. The first kappa shape index (κ1) is 10.7. The fraction of sp³-hybridized carbons (Fsp3) is 0.417. The van der Waals surface area contributed by atoms with Crippen molar-refractivity contribution in [2.24, 2.45) is 0 Å². The second-order valence-electron chi connectivity index (χ2n) is 3.83. The molecule has 3 heteroatoms. The molecule has 15 heavy (non-hydrogen) atoms. The van der Waals surface area contributed by atoms with Gasteiger partial charge in [-0.05, 0) is 24.1 Å². The molecule has 0 bridgehead atoms. The fourth-order valence-electron chi connectivity index (χ4n) is 2.03. The van der Waals surface area contributed by atoms with E-state index in [0.29, 0.717) is 6.42 Å². The van der Waals surface area contributed by atoms with Crippen LogP contribution in [0.15, 0.2) is 28.7 Å². The topological polar surface area (TPSA) is 26.3 Å². The molecular weight excluding hydrogens is 256 g/mol. The molecule has 0 amide bonds. The lowest BCUT2D eigenvalue weighted by atomic mass is 9.88. The molecule has 1 aliphatic heterocycles. The van der Waals surface area contributed by atoms with Gasteiger partial charge in [-0.3, -0.25) is 4.79 Å². The summed E-state index contributed by atoms with van der Waals surface area (Å²) in [5.41, 5.74) is 0.719. The van der Waals surface area contributed by atoms with E-state index < -0.39 is 0 Å². The largest absolute Gasteiger partial charge is 0.454 e. The highest BCUT2D eigenvalue weighted by Gasteiger charge is 2.40. The van der Waals surface area contributed by atoms with Crippen molar-refractivity contribution in [1.29, 1.82) is 0 Å². The lowest BCUT2D eigenvalue weighted by Crippen LogP contribution is -2.24. The molecule has 0 spiro atoms. The van der Waals surface area contributed by atoms with Gasteiger partial charge in [-0.15, -0.1) is 0 Å². The smallest absolute Gasteiger partial charge is 0.306 e. The van der Waals surface area contributed by atoms with Gasteiger partial charge in [0.05, 0.1) is 0 Å². The molecule has 0 N–H and O–H groups in total. The summed E-state index contributed by atoms with van der Waals surface area (Å²) < 4.78 is 6.51. The number of hydrogen-bond acceptors (Lipinski definition) is 2. The second-order valence-corrected chi connectivity index (χ2v) is 4.74. The normalized spacial score (nSPS) is 25.3. The molecule has 1 fully saturated rings. The van der Waals surface area contributed by atoms with Crippen molar-refractivity contribution in [2.45, 2.75) is 31.8 Å². The Hall–Kier alpha value is -0.830. The number of esters is 1. The summed E-state index contributed by atoms with van der Waals surface area (Å²) in [7, 11) is 0. The second kappa shape index (κ2) is 3.97. The highest BCUT2D eigenvalue weighted by molar-refractivity contribution is 9.10. The summed E-state index contributed by atoms with van der Waals surface area (Å²) in [4.78, 5) is 11.2. The van der Waals surface area contributed by atoms with E-state index in [-0.39, 0.29) is 11.6 Å².